The van der Waals surface area contributed by atoms with Crippen LogP contribution in [0.4, 0.5) is 0 Å². The molecule has 0 fully saturated rings. The van der Waals surface area contributed by atoms with Gasteiger partial charge in [-0.3, -0.25) is 9.97 Å². The van der Waals surface area contributed by atoms with Crippen molar-refractivity contribution in [1.82, 2.24) is 9.97 Å². The molecule has 0 aliphatic heterocycles. The lowest BCUT2D eigenvalue weighted by Gasteiger charge is -2.34. The van der Waals surface area contributed by atoms with Gasteiger partial charge in [-0.25, -0.2) is 0 Å². The van der Waals surface area contributed by atoms with E-state index < -0.39 is 5.41 Å². The van der Waals surface area contributed by atoms with Gasteiger partial charge in [0.2, 0.25) is 0 Å². The van der Waals surface area contributed by atoms with Crippen molar-refractivity contribution in [3.63, 3.8) is 0 Å². The summed E-state index contributed by atoms with van der Waals surface area (Å²) in [6.45, 7) is 0. The molecule has 0 saturated heterocycles. The van der Waals surface area contributed by atoms with Crippen LogP contribution >= 0.6 is 0 Å². The van der Waals surface area contributed by atoms with E-state index >= 15 is 0 Å². The summed E-state index contributed by atoms with van der Waals surface area (Å²) in [5.41, 5.74) is 15.7. The van der Waals surface area contributed by atoms with Crippen molar-refractivity contribution in [2.75, 3.05) is 0 Å². The van der Waals surface area contributed by atoms with Gasteiger partial charge in [0.15, 0.2) is 0 Å². The average Bonchev–Trinajstić information content (AvgIpc) is 3.49. The quantitative estimate of drug-likeness (QED) is 0.184. The molecule has 0 N–H and O–H groups in total. The van der Waals surface area contributed by atoms with E-state index in [0.29, 0.717) is 0 Å². The van der Waals surface area contributed by atoms with Gasteiger partial charge in [0.25, 0.3) is 0 Å². The molecule has 2 aromatic heterocycles. The van der Waals surface area contributed by atoms with Crippen LogP contribution in [0.5, 0.6) is 0 Å². The second kappa shape index (κ2) is 12.0. The normalized spacial score (nSPS) is 12.7. The van der Waals surface area contributed by atoms with E-state index in [-0.39, 0.29) is 0 Å². The minimum atomic E-state index is -0.548. The van der Waals surface area contributed by atoms with Crippen molar-refractivity contribution in [3.8, 4) is 55.9 Å². The highest BCUT2D eigenvalue weighted by Crippen LogP contribution is 2.57. The Labute approximate surface area is 287 Å². The fourth-order valence-corrected chi connectivity index (χ4v) is 7.60. The topological polar surface area (TPSA) is 25.8 Å². The van der Waals surface area contributed by atoms with Crippen LogP contribution in [0.3, 0.4) is 0 Å². The van der Waals surface area contributed by atoms with Crippen molar-refractivity contribution in [1.29, 1.82) is 0 Å². The summed E-state index contributed by atoms with van der Waals surface area (Å²) in [5, 5.41) is 0. The zero-order valence-corrected chi connectivity index (χ0v) is 26.9. The molecule has 49 heavy (non-hydrogen) atoms. The van der Waals surface area contributed by atoms with Crippen LogP contribution in [0, 0.1) is 0 Å². The number of nitrogens with zero attached hydrogens (tertiary/aromatic N) is 2. The molecule has 2 nitrogen and oxygen atoms in total. The highest BCUT2D eigenvalue weighted by atomic mass is 14.7. The number of pyridine rings is 2. The van der Waals surface area contributed by atoms with Gasteiger partial charge in [-0.2, -0.15) is 0 Å². The standard InChI is InChI=1S/C47H32N2/c1-5-13-33(14-6-1)35-25-27-48-45(31-35)37-21-23-41-42-24-22-38(46-32-36(26-28-49-46)34-15-7-2-8-16-34)30-44(42)47(43(41)29-37,39-17-9-3-10-18-39)40-19-11-4-12-20-40/h1-32H. The molecule has 0 spiro atoms. The number of hydrogen-bond donors (Lipinski definition) is 0. The van der Waals surface area contributed by atoms with Crippen molar-refractivity contribution in [2.24, 2.45) is 0 Å². The molecule has 8 aromatic rings. The van der Waals surface area contributed by atoms with Crippen LogP contribution in [0.2, 0.25) is 0 Å². The number of hydrogen-bond acceptors (Lipinski definition) is 2. The summed E-state index contributed by atoms with van der Waals surface area (Å²) in [7, 11) is 0. The van der Waals surface area contributed by atoms with E-state index in [1.165, 1.54) is 44.5 Å². The van der Waals surface area contributed by atoms with Crippen LogP contribution in [-0.2, 0) is 5.41 Å². The number of aromatic nitrogens is 2. The lowest BCUT2D eigenvalue weighted by molar-refractivity contribution is 0.769. The van der Waals surface area contributed by atoms with E-state index in [1.54, 1.807) is 0 Å². The van der Waals surface area contributed by atoms with Crippen molar-refractivity contribution in [2.45, 2.75) is 5.41 Å². The first-order chi connectivity index (χ1) is 24.3. The van der Waals surface area contributed by atoms with Gasteiger partial charge in [0, 0.05) is 23.5 Å². The molecule has 1 aliphatic rings. The molecule has 2 heteroatoms. The average molecular weight is 625 g/mol. The van der Waals surface area contributed by atoms with Gasteiger partial charge >= 0.3 is 0 Å². The monoisotopic (exact) mass is 624 g/mol. The van der Waals surface area contributed by atoms with Crippen molar-refractivity contribution in [3.05, 3.63) is 217 Å². The van der Waals surface area contributed by atoms with Crippen LogP contribution in [0.15, 0.2) is 194 Å². The number of benzene rings is 6. The lowest BCUT2D eigenvalue weighted by Crippen LogP contribution is -2.28. The zero-order valence-electron chi connectivity index (χ0n) is 26.9. The van der Waals surface area contributed by atoms with E-state index in [0.717, 1.165) is 33.6 Å². The summed E-state index contributed by atoms with van der Waals surface area (Å²) in [5.74, 6) is 0. The molecule has 0 saturated carbocycles. The van der Waals surface area contributed by atoms with Gasteiger partial charge in [0.05, 0.1) is 16.8 Å². The Balaban J connectivity index is 1.27. The van der Waals surface area contributed by atoms with Crippen LogP contribution in [0.1, 0.15) is 22.3 Å². The fraction of sp³-hybridized carbons (Fsp3) is 0.0213. The second-order valence-electron chi connectivity index (χ2n) is 12.6. The molecule has 9 rings (SSSR count). The summed E-state index contributed by atoms with van der Waals surface area (Å²) in [4.78, 5) is 9.76. The Bertz CT molecular complexity index is 2240. The fourth-order valence-electron chi connectivity index (χ4n) is 7.60. The van der Waals surface area contributed by atoms with Crippen LogP contribution in [0.25, 0.3) is 55.9 Å². The van der Waals surface area contributed by atoms with Crippen LogP contribution < -0.4 is 0 Å². The van der Waals surface area contributed by atoms with Gasteiger partial charge in [-0.05, 0) is 92.0 Å². The van der Waals surface area contributed by atoms with E-state index in [2.05, 4.69) is 182 Å². The second-order valence-corrected chi connectivity index (χ2v) is 12.6. The smallest absolute Gasteiger partial charge is 0.0714 e. The van der Waals surface area contributed by atoms with E-state index in [9.17, 15) is 0 Å². The number of rotatable bonds is 6. The Morgan fingerprint density at radius 1 is 0.306 bits per heavy atom. The first-order valence-electron chi connectivity index (χ1n) is 16.7. The number of fused-ring (bicyclic) bond motifs is 3. The van der Waals surface area contributed by atoms with E-state index in [4.69, 9.17) is 9.97 Å². The Hall–Kier alpha value is -6.38. The maximum absolute atomic E-state index is 4.88. The molecule has 0 atom stereocenters. The van der Waals surface area contributed by atoms with Gasteiger partial charge in [-0.15, -0.1) is 0 Å². The molecule has 0 bridgehead atoms. The molecule has 1 aliphatic carbocycles. The maximum atomic E-state index is 4.88. The minimum Gasteiger partial charge on any atom is -0.256 e. The predicted molar refractivity (Wildman–Crippen MR) is 201 cm³/mol. The predicted octanol–water partition coefficient (Wildman–Crippen LogP) is 11.5. The summed E-state index contributed by atoms with van der Waals surface area (Å²) in [6.07, 6.45) is 3.84. The molecule has 230 valence electrons. The maximum Gasteiger partial charge on any atom is 0.0714 e. The SMILES string of the molecule is c1ccc(-c2ccnc(-c3ccc4c(c3)C(c3ccccc3)(c3ccccc3)c3cc(-c5cc(-c6ccccc6)ccn5)ccc3-4)c2)cc1. The van der Waals surface area contributed by atoms with Crippen molar-refractivity contribution >= 4 is 0 Å². The Kier molecular flexibility index (Phi) is 7.06. The summed E-state index contributed by atoms with van der Waals surface area (Å²) >= 11 is 0. The third-order valence-corrected chi connectivity index (χ3v) is 9.88. The van der Waals surface area contributed by atoms with Crippen molar-refractivity contribution < 1.29 is 0 Å². The van der Waals surface area contributed by atoms with E-state index in [1.807, 2.05) is 12.4 Å². The third-order valence-electron chi connectivity index (χ3n) is 9.88. The Morgan fingerprint density at radius 3 is 1.10 bits per heavy atom. The lowest BCUT2D eigenvalue weighted by atomic mass is 9.67. The molecule has 0 unspecified atom stereocenters. The summed E-state index contributed by atoms with van der Waals surface area (Å²) < 4.78 is 0. The molecular formula is C47H32N2. The Morgan fingerprint density at radius 2 is 0.694 bits per heavy atom. The summed E-state index contributed by atoms with van der Waals surface area (Å²) in [6, 6.07) is 65.3. The third kappa shape index (κ3) is 4.89. The zero-order chi connectivity index (χ0) is 32.6. The first-order valence-corrected chi connectivity index (χ1v) is 16.7. The molecule has 2 heterocycles. The van der Waals surface area contributed by atoms with Gasteiger partial charge in [-0.1, -0.05) is 146 Å². The highest BCUT2D eigenvalue weighted by molar-refractivity contribution is 5.90. The molecular weight excluding hydrogens is 593 g/mol. The first kappa shape index (κ1) is 28.8. The van der Waals surface area contributed by atoms with Gasteiger partial charge < -0.3 is 0 Å². The molecule has 0 radical (unpaired) electrons. The molecule has 0 amide bonds. The highest BCUT2D eigenvalue weighted by Gasteiger charge is 2.46. The largest absolute Gasteiger partial charge is 0.256 e. The minimum absolute atomic E-state index is 0.548. The molecule has 6 aromatic carbocycles. The van der Waals surface area contributed by atoms with Crippen LogP contribution in [-0.4, -0.2) is 9.97 Å². The van der Waals surface area contributed by atoms with Gasteiger partial charge in [0.1, 0.15) is 0 Å².